The lowest BCUT2D eigenvalue weighted by Crippen LogP contribution is -2.30. The smallest absolute Gasteiger partial charge is 0.201 e. The molecule has 2 heterocycles. The molecule has 126 valence electrons. The average molecular weight is 574 g/mol. The summed E-state index contributed by atoms with van der Waals surface area (Å²) in [5.74, 6) is 0.807. The largest absolute Gasteiger partial charge is 0.355 e. The SMILES string of the molecule is Brc1c(Br)c(Br)c2[nH]c(NCCN3CCCCCC3)nc2c1Br. The Hall–Kier alpha value is 0.370. The zero-order chi connectivity index (χ0) is 16.4. The topological polar surface area (TPSA) is 44.0 Å². The van der Waals surface area contributed by atoms with Gasteiger partial charge in [0.15, 0.2) is 0 Å². The van der Waals surface area contributed by atoms with Crippen LogP contribution in [0.25, 0.3) is 11.0 Å². The Morgan fingerprint density at radius 3 is 2.26 bits per heavy atom. The standard InChI is InChI=1S/C15H18Br4N4/c16-9-10(17)12(19)14-13(11(9)18)21-15(22-14)20-5-8-23-6-3-1-2-4-7-23/h1-8H2,(H2,20,21,22). The highest BCUT2D eigenvalue weighted by Gasteiger charge is 2.17. The van der Waals surface area contributed by atoms with Crippen LogP contribution in [0, 0.1) is 0 Å². The van der Waals surface area contributed by atoms with Crippen molar-refractivity contribution in [1.82, 2.24) is 14.9 Å². The summed E-state index contributed by atoms with van der Waals surface area (Å²) in [5, 5.41) is 3.41. The number of fused-ring (bicyclic) bond motifs is 1. The van der Waals surface area contributed by atoms with Crippen LogP contribution in [-0.2, 0) is 0 Å². The van der Waals surface area contributed by atoms with Crippen LogP contribution < -0.4 is 5.32 Å². The fourth-order valence-corrected chi connectivity index (χ4v) is 5.16. The number of nitrogens with one attached hydrogen (secondary N) is 2. The van der Waals surface area contributed by atoms with E-state index < -0.39 is 0 Å². The molecule has 8 heteroatoms. The number of nitrogens with zero attached hydrogens (tertiary/aromatic N) is 2. The minimum atomic E-state index is 0.807. The number of hydrogen-bond acceptors (Lipinski definition) is 3. The first-order valence-electron chi connectivity index (χ1n) is 7.76. The van der Waals surface area contributed by atoms with Gasteiger partial charge >= 0.3 is 0 Å². The van der Waals surface area contributed by atoms with Gasteiger partial charge in [0.05, 0.1) is 14.5 Å². The molecule has 0 unspecified atom stereocenters. The van der Waals surface area contributed by atoms with Crippen LogP contribution in [0.15, 0.2) is 17.9 Å². The number of H-pyrrole nitrogens is 1. The first-order chi connectivity index (χ1) is 11.1. The highest BCUT2D eigenvalue weighted by atomic mass is 79.9. The number of benzene rings is 1. The lowest BCUT2D eigenvalue weighted by molar-refractivity contribution is 0.296. The molecule has 1 aliphatic heterocycles. The number of halogens is 4. The molecule has 2 N–H and O–H groups in total. The minimum absolute atomic E-state index is 0.807. The third kappa shape index (κ3) is 4.14. The first kappa shape index (κ1) is 18.2. The maximum absolute atomic E-state index is 4.66. The number of likely N-dealkylation sites (tertiary alicyclic amines) is 1. The van der Waals surface area contributed by atoms with Gasteiger partial charge in [-0.3, -0.25) is 0 Å². The summed E-state index contributed by atoms with van der Waals surface area (Å²) in [6.45, 7) is 4.40. The third-order valence-electron chi connectivity index (χ3n) is 4.13. The van der Waals surface area contributed by atoms with E-state index in [9.17, 15) is 0 Å². The number of aromatic nitrogens is 2. The van der Waals surface area contributed by atoms with Gasteiger partial charge < -0.3 is 15.2 Å². The quantitative estimate of drug-likeness (QED) is 0.354. The first-order valence-corrected chi connectivity index (χ1v) is 10.9. The zero-order valence-corrected chi connectivity index (χ0v) is 18.9. The molecular weight excluding hydrogens is 556 g/mol. The van der Waals surface area contributed by atoms with Gasteiger partial charge in [0.2, 0.25) is 5.95 Å². The van der Waals surface area contributed by atoms with Gasteiger partial charge in [-0.15, -0.1) is 0 Å². The van der Waals surface area contributed by atoms with Crippen LogP contribution in [0.2, 0.25) is 0 Å². The van der Waals surface area contributed by atoms with Gasteiger partial charge in [-0.2, -0.15) is 0 Å². The summed E-state index contributed by atoms with van der Waals surface area (Å²) in [6.07, 6.45) is 5.40. The second kappa shape index (κ2) is 8.17. The Labute approximate surface area is 169 Å². The fourth-order valence-electron chi connectivity index (χ4n) is 2.87. The predicted octanol–water partition coefficient (Wildman–Crippen LogP) is 5.90. The molecule has 0 amide bonds. The van der Waals surface area contributed by atoms with Crippen LogP contribution in [0.4, 0.5) is 5.95 Å². The molecule has 3 rings (SSSR count). The lowest BCUT2D eigenvalue weighted by Gasteiger charge is -2.19. The molecule has 2 aromatic rings. The Kier molecular flexibility index (Phi) is 6.45. The van der Waals surface area contributed by atoms with Gasteiger partial charge in [-0.05, 0) is 89.7 Å². The summed E-state index contributed by atoms with van der Waals surface area (Å²) in [5.41, 5.74) is 1.88. The Bertz CT molecular complexity index is 648. The van der Waals surface area contributed by atoms with E-state index in [-0.39, 0.29) is 0 Å². The van der Waals surface area contributed by atoms with Crippen molar-refractivity contribution in [3.05, 3.63) is 17.9 Å². The molecule has 0 atom stereocenters. The van der Waals surface area contributed by atoms with Gasteiger partial charge in [0, 0.05) is 22.0 Å². The van der Waals surface area contributed by atoms with Crippen LogP contribution in [0.5, 0.6) is 0 Å². The van der Waals surface area contributed by atoms with E-state index in [4.69, 9.17) is 0 Å². The van der Waals surface area contributed by atoms with Crippen molar-refractivity contribution in [3.63, 3.8) is 0 Å². The molecule has 1 aliphatic rings. The second-order valence-corrected chi connectivity index (χ2v) is 8.92. The summed E-state index contributed by atoms with van der Waals surface area (Å²) in [6, 6.07) is 0. The highest BCUT2D eigenvalue weighted by Crippen LogP contribution is 2.42. The number of imidazole rings is 1. The van der Waals surface area contributed by atoms with Crippen molar-refractivity contribution in [2.45, 2.75) is 25.7 Å². The van der Waals surface area contributed by atoms with Crippen molar-refractivity contribution >= 4 is 80.7 Å². The van der Waals surface area contributed by atoms with Crippen LogP contribution in [0.1, 0.15) is 25.7 Å². The fraction of sp³-hybridized carbons (Fsp3) is 0.533. The van der Waals surface area contributed by atoms with Crippen LogP contribution >= 0.6 is 63.7 Å². The van der Waals surface area contributed by atoms with E-state index >= 15 is 0 Å². The molecule has 0 aliphatic carbocycles. The van der Waals surface area contributed by atoms with Crippen LogP contribution in [0.3, 0.4) is 0 Å². The third-order valence-corrected chi connectivity index (χ3v) is 8.88. The Balaban J connectivity index is 1.69. The molecule has 1 fully saturated rings. The number of aromatic amines is 1. The van der Waals surface area contributed by atoms with Gasteiger partial charge in [0.25, 0.3) is 0 Å². The van der Waals surface area contributed by atoms with Crippen molar-refractivity contribution < 1.29 is 0 Å². The van der Waals surface area contributed by atoms with E-state index in [1.807, 2.05) is 0 Å². The molecule has 0 bridgehead atoms. The molecule has 0 saturated carbocycles. The maximum Gasteiger partial charge on any atom is 0.201 e. The number of rotatable bonds is 4. The normalized spacial score (nSPS) is 16.7. The van der Waals surface area contributed by atoms with Gasteiger partial charge in [0.1, 0.15) is 5.52 Å². The molecule has 1 saturated heterocycles. The minimum Gasteiger partial charge on any atom is -0.355 e. The Morgan fingerprint density at radius 2 is 1.57 bits per heavy atom. The zero-order valence-electron chi connectivity index (χ0n) is 12.6. The molecule has 0 spiro atoms. The van der Waals surface area contributed by atoms with Gasteiger partial charge in [-0.25, -0.2) is 4.98 Å². The highest BCUT2D eigenvalue weighted by molar-refractivity contribution is 9.15. The molecule has 23 heavy (non-hydrogen) atoms. The van der Waals surface area contributed by atoms with Crippen LogP contribution in [-0.4, -0.2) is 41.0 Å². The molecule has 1 aromatic heterocycles. The maximum atomic E-state index is 4.66. The molecule has 4 nitrogen and oxygen atoms in total. The predicted molar refractivity (Wildman–Crippen MR) is 110 cm³/mol. The molecule has 1 aromatic carbocycles. The summed E-state index contributed by atoms with van der Waals surface area (Å²) < 4.78 is 3.84. The Morgan fingerprint density at radius 1 is 0.913 bits per heavy atom. The average Bonchev–Trinajstić information content (AvgIpc) is 2.80. The van der Waals surface area contributed by atoms with E-state index in [0.717, 1.165) is 48.0 Å². The van der Waals surface area contributed by atoms with E-state index in [0.29, 0.717) is 0 Å². The van der Waals surface area contributed by atoms with Gasteiger partial charge in [-0.1, -0.05) is 12.8 Å². The van der Waals surface area contributed by atoms with Crippen molar-refractivity contribution in [1.29, 1.82) is 0 Å². The summed E-state index contributed by atoms with van der Waals surface area (Å²) in [7, 11) is 0. The van der Waals surface area contributed by atoms with E-state index in [2.05, 4.69) is 83.9 Å². The monoisotopic (exact) mass is 570 g/mol. The van der Waals surface area contributed by atoms with E-state index in [1.165, 1.54) is 38.8 Å². The number of anilines is 1. The summed E-state index contributed by atoms with van der Waals surface area (Å²) >= 11 is 14.4. The lowest BCUT2D eigenvalue weighted by atomic mass is 10.2. The van der Waals surface area contributed by atoms with Crippen molar-refractivity contribution in [2.75, 3.05) is 31.5 Å². The number of hydrogen-bond donors (Lipinski definition) is 2. The van der Waals surface area contributed by atoms with Crippen molar-refractivity contribution in [2.24, 2.45) is 0 Å². The molecular formula is C15H18Br4N4. The molecule has 0 radical (unpaired) electrons. The second-order valence-electron chi connectivity index (χ2n) is 5.75. The summed E-state index contributed by atoms with van der Waals surface area (Å²) in [4.78, 5) is 10.6. The van der Waals surface area contributed by atoms with E-state index in [1.54, 1.807) is 0 Å². The van der Waals surface area contributed by atoms with Crippen molar-refractivity contribution in [3.8, 4) is 0 Å².